The van der Waals surface area contributed by atoms with Crippen molar-refractivity contribution < 1.29 is 17.6 Å². The van der Waals surface area contributed by atoms with Crippen LogP contribution in [0.5, 0.6) is 0 Å². The smallest absolute Gasteiger partial charge is 0.433 e. The number of nitrogen functional groups attached to an aromatic ring is 1. The van der Waals surface area contributed by atoms with Crippen LogP contribution >= 0.6 is 23.4 Å². The molecular formula is C14H10ClF3N4OS. The van der Waals surface area contributed by atoms with Gasteiger partial charge in [-0.05, 0) is 12.5 Å². The van der Waals surface area contributed by atoms with Gasteiger partial charge in [-0.2, -0.15) is 13.2 Å². The third-order valence-corrected chi connectivity index (χ3v) is 4.22. The van der Waals surface area contributed by atoms with E-state index in [1.807, 2.05) is 0 Å². The van der Waals surface area contributed by atoms with Crippen LogP contribution < -0.4 is 5.73 Å². The number of hydrogen-bond donors (Lipinski definition) is 1. The Morgan fingerprint density at radius 3 is 2.79 bits per heavy atom. The van der Waals surface area contributed by atoms with Crippen molar-refractivity contribution >= 4 is 40.1 Å². The molecule has 3 rings (SSSR count). The molecular weight excluding hydrogens is 365 g/mol. The van der Waals surface area contributed by atoms with E-state index in [0.29, 0.717) is 28.8 Å². The van der Waals surface area contributed by atoms with Crippen LogP contribution in [0.2, 0.25) is 5.02 Å². The zero-order valence-electron chi connectivity index (χ0n) is 12.0. The Bertz CT molecular complexity index is 884. The van der Waals surface area contributed by atoms with E-state index >= 15 is 0 Å². The predicted molar refractivity (Wildman–Crippen MR) is 84.9 cm³/mol. The second kappa shape index (κ2) is 6.48. The van der Waals surface area contributed by atoms with Crippen LogP contribution in [-0.2, 0) is 12.6 Å². The van der Waals surface area contributed by atoms with Gasteiger partial charge in [0.25, 0.3) is 0 Å². The summed E-state index contributed by atoms with van der Waals surface area (Å²) in [5.74, 6) is 0.221. The number of rotatable bonds is 4. The fraction of sp³-hybridized carbons (Fsp3) is 0.214. The highest BCUT2D eigenvalue weighted by atomic mass is 35.5. The summed E-state index contributed by atoms with van der Waals surface area (Å²) in [7, 11) is 0. The topological polar surface area (TPSA) is 77.8 Å². The van der Waals surface area contributed by atoms with Gasteiger partial charge in [-0.15, -0.1) is 0 Å². The summed E-state index contributed by atoms with van der Waals surface area (Å²) < 4.78 is 43.3. The number of aryl methyl sites for hydroxylation is 1. The highest BCUT2D eigenvalue weighted by Crippen LogP contribution is 2.30. The molecule has 5 nitrogen and oxygen atoms in total. The number of halogens is 4. The quantitative estimate of drug-likeness (QED) is 0.544. The average Bonchev–Trinajstić information content (AvgIpc) is 2.87. The first-order valence-electron chi connectivity index (χ1n) is 6.69. The number of nitrogens with zero attached hydrogens (tertiary/aromatic N) is 3. The lowest BCUT2D eigenvalue weighted by atomic mass is 10.2. The van der Waals surface area contributed by atoms with E-state index < -0.39 is 11.9 Å². The summed E-state index contributed by atoms with van der Waals surface area (Å²) in [5, 5.41) is 1.20. The fourth-order valence-electron chi connectivity index (χ4n) is 1.98. The molecule has 0 saturated carbocycles. The number of pyridine rings is 1. The molecule has 3 aromatic rings. The Kier molecular flexibility index (Phi) is 4.55. The van der Waals surface area contributed by atoms with Crippen LogP contribution in [0.25, 0.3) is 11.0 Å². The lowest BCUT2D eigenvalue weighted by Gasteiger charge is -2.08. The molecule has 0 bridgehead atoms. The Labute approximate surface area is 143 Å². The summed E-state index contributed by atoms with van der Waals surface area (Å²) in [6, 6.07) is 2.49. The molecule has 3 aromatic heterocycles. The van der Waals surface area contributed by atoms with Crippen LogP contribution in [0.3, 0.4) is 0 Å². The van der Waals surface area contributed by atoms with Crippen LogP contribution in [-0.4, -0.2) is 20.7 Å². The van der Waals surface area contributed by atoms with Crippen molar-refractivity contribution in [3.05, 3.63) is 41.0 Å². The molecule has 0 aliphatic heterocycles. The summed E-state index contributed by atoms with van der Waals surface area (Å²) in [4.78, 5) is 11.5. The van der Waals surface area contributed by atoms with Gasteiger partial charge in [-0.1, -0.05) is 23.4 Å². The third kappa shape index (κ3) is 3.73. The van der Waals surface area contributed by atoms with Crippen LogP contribution in [0.1, 0.15) is 11.4 Å². The number of fused-ring (bicyclic) bond motifs is 1. The molecule has 0 aliphatic carbocycles. The van der Waals surface area contributed by atoms with E-state index in [0.717, 1.165) is 22.8 Å². The summed E-state index contributed by atoms with van der Waals surface area (Å²) in [5.41, 5.74) is 5.66. The Morgan fingerprint density at radius 1 is 1.25 bits per heavy atom. The summed E-state index contributed by atoms with van der Waals surface area (Å²) >= 11 is 7.06. The predicted octanol–water partition coefficient (Wildman–Crippen LogP) is 4.21. The first kappa shape index (κ1) is 16.8. The minimum Gasteiger partial charge on any atom is -0.461 e. The third-order valence-electron chi connectivity index (χ3n) is 3.08. The van der Waals surface area contributed by atoms with Gasteiger partial charge in [0, 0.05) is 22.9 Å². The second-order valence-electron chi connectivity index (χ2n) is 4.81. The maximum absolute atomic E-state index is 12.7. The van der Waals surface area contributed by atoms with Gasteiger partial charge < -0.3 is 10.2 Å². The minimum absolute atomic E-state index is 0.0234. The molecule has 3 heterocycles. The highest BCUT2D eigenvalue weighted by Gasteiger charge is 2.33. The zero-order chi connectivity index (χ0) is 17.3. The number of thioether (sulfide) groups is 1. The van der Waals surface area contributed by atoms with E-state index in [4.69, 9.17) is 21.8 Å². The SMILES string of the molecule is Nc1cc(C(F)(F)F)nc(SCCc2cc3c(Cl)coc3cn2)n1. The maximum atomic E-state index is 12.7. The Morgan fingerprint density at radius 2 is 2.04 bits per heavy atom. The lowest BCUT2D eigenvalue weighted by Crippen LogP contribution is -2.11. The summed E-state index contributed by atoms with van der Waals surface area (Å²) in [6.45, 7) is 0. The Hall–Kier alpha value is -2.00. The van der Waals surface area contributed by atoms with E-state index in [2.05, 4.69) is 15.0 Å². The van der Waals surface area contributed by atoms with Gasteiger partial charge >= 0.3 is 6.18 Å². The normalized spacial score (nSPS) is 12.0. The van der Waals surface area contributed by atoms with Crippen molar-refractivity contribution in [2.75, 3.05) is 11.5 Å². The van der Waals surface area contributed by atoms with Crippen LogP contribution in [0, 0.1) is 0 Å². The molecule has 0 spiro atoms. The van der Waals surface area contributed by atoms with Crippen LogP contribution in [0.15, 0.2) is 34.2 Å². The zero-order valence-corrected chi connectivity index (χ0v) is 13.5. The number of aromatic nitrogens is 3. The number of alkyl halides is 3. The van der Waals surface area contributed by atoms with Gasteiger partial charge in [-0.3, -0.25) is 4.98 Å². The average molecular weight is 375 g/mol. The molecule has 0 amide bonds. The molecule has 10 heteroatoms. The monoisotopic (exact) mass is 374 g/mol. The highest BCUT2D eigenvalue weighted by molar-refractivity contribution is 7.99. The summed E-state index contributed by atoms with van der Waals surface area (Å²) in [6.07, 6.45) is -1.08. The number of anilines is 1. The molecule has 0 unspecified atom stereocenters. The lowest BCUT2D eigenvalue weighted by molar-refractivity contribution is -0.141. The maximum Gasteiger partial charge on any atom is 0.433 e. The standard InChI is InChI=1S/C14H10ClF3N4OS/c15-9-6-23-10-5-20-7(3-8(9)10)1-2-24-13-21-11(14(16,17)18)4-12(19)22-13/h3-6H,1-2H2,(H2,19,21,22). The molecule has 0 fully saturated rings. The number of furan rings is 1. The Balaban J connectivity index is 1.69. The van der Waals surface area contributed by atoms with E-state index in [-0.39, 0.29) is 11.0 Å². The van der Waals surface area contributed by atoms with Gasteiger partial charge in [0.1, 0.15) is 12.1 Å². The molecule has 24 heavy (non-hydrogen) atoms. The van der Waals surface area contributed by atoms with Crippen molar-refractivity contribution in [1.29, 1.82) is 0 Å². The molecule has 2 N–H and O–H groups in total. The van der Waals surface area contributed by atoms with Gasteiger partial charge in [0.15, 0.2) is 16.4 Å². The fourth-order valence-corrected chi connectivity index (χ4v) is 3.00. The first-order valence-corrected chi connectivity index (χ1v) is 8.05. The minimum atomic E-state index is -4.56. The van der Waals surface area contributed by atoms with Crippen molar-refractivity contribution in [2.24, 2.45) is 0 Å². The molecule has 0 saturated heterocycles. The molecule has 0 aliphatic rings. The number of hydrogen-bond acceptors (Lipinski definition) is 6. The van der Waals surface area contributed by atoms with E-state index in [1.165, 1.54) is 6.26 Å². The van der Waals surface area contributed by atoms with E-state index in [9.17, 15) is 13.2 Å². The first-order chi connectivity index (χ1) is 11.3. The molecule has 0 aromatic carbocycles. The molecule has 0 atom stereocenters. The van der Waals surface area contributed by atoms with E-state index in [1.54, 1.807) is 12.3 Å². The van der Waals surface area contributed by atoms with Crippen molar-refractivity contribution in [2.45, 2.75) is 17.8 Å². The van der Waals surface area contributed by atoms with Gasteiger partial charge in [0.05, 0.1) is 11.2 Å². The number of nitrogens with two attached hydrogens (primary N) is 1. The molecule has 0 radical (unpaired) electrons. The van der Waals surface area contributed by atoms with Crippen molar-refractivity contribution in [3.63, 3.8) is 0 Å². The largest absolute Gasteiger partial charge is 0.461 e. The van der Waals surface area contributed by atoms with Crippen molar-refractivity contribution in [3.8, 4) is 0 Å². The van der Waals surface area contributed by atoms with Crippen LogP contribution in [0.4, 0.5) is 19.0 Å². The van der Waals surface area contributed by atoms with Gasteiger partial charge in [-0.25, -0.2) is 9.97 Å². The molecule has 126 valence electrons. The van der Waals surface area contributed by atoms with Crippen molar-refractivity contribution in [1.82, 2.24) is 15.0 Å². The second-order valence-corrected chi connectivity index (χ2v) is 6.28. The van der Waals surface area contributed by atoms with Gasteiger partial charge in [0.2, 0.25) is 0 Å².